The second-order valence-corrected chi connectivity index (χ2v) is 4.34. The van der Waals surface area contributed by atoms with Crippen molar-refractivity contribution < 1.29 is 9.90 Å². The first-order chi connectivity index (χ1) is 6.02. The van der Waals surface area contributed by atoms with Crippen molar-refractivity contribution in [2.45, 2.75) is 19.0 Å². The van der Waals surface area contributed by atoms with Gasteiger partial charge in [0.05, 0.1) is 5.41 Å². The Hall–Kier alpha value is -0.970. The van der Waals surface area contributed by atoms with Crippen molar-refractivity contribution in [1.82, 2.24) is 9.97 Å². The van der Waals surface area contributed by atoms with Crippen molar-refractivity contribution in [3.8, 4) is 0 Å². The molecule has 0 radical (unpaired) electrons. The van der Waals surface area contributed by atoms with E-state index in [1.54, 1.807) is 26.2 Å². The van der Waals surface area contributed by atoms with Gasteiger partial charge in [-0.1, -0.05) is 11.8 Å². The maximum atomic E-state index is 10.7. The molecule has 0 saturated heterocycles. The summed E-state index contributed by atoms with van der Waals surface area (Å²) in [5.41, 5.74) is -0.711. The molecule has 0 aliphatic rings. The molecule has 0 spiro atoms. The lowest BCUT2D eigenvalue weighted by Gasteiger charge is -2.16. The van der Waals surface area contributed by atoms with Crippen molar-refractivity contribution in [3.63, 3.8) is 0 Å². The lowest BCUT2D eigenvalue weighted by molar-refractivity contribution is -0.145. The average molecular weight is 200 g/mol. The number of H-pyrrole nitrogens is 1. The number of hydrogen-bond donors (Lipinski definition) is 2. The molecule has 13 heavy (non-hydrogen) atoms. The Morgan fingerprint density at radius 3 is 2.92 bits per heavy atom. The zero-order chi connectivity index (χ0) is 9.90. The molecule has 0 bridgehead atoms. The number of carboxylic acid groups (broad SMARTS) is 1. The third kappa shape index (κ3) is 2.77. The lowest BCUT2D eigenvalue weighted by Crippen LogP contribution is -2.26. The van der Waals surface area contributed by atoms with Crippen molar-refractivity contribution in [2.75, 3.05) is 5.75 Å². The number of aromatic nitrogens is 2. The molecule has 0 aliphatic heterocycles. The molecule has 0 aromatic carbocycles. The SMILES string of the molecule is CC(C)(CSc1ncc[nH]1)C(=O)O. The van der Waals surface area contributed by atoms with Gasteiger partial charge in [-0.2, -0.15) is 0 Å². The number of rotatable bonds is 4. The van der Waals surface area contributed by atoms with Gasteiger partial charge in [-0.15, -0.1) is 0 Å². The van der Waals surface area contributed by atoms with Crippen LogP contribution in [0, 0.1) is 5.41 Å². The van der Waals surface area contributed by atoms with Crippen molar-refractivity contribution in [3.05, 3.63) is 12.4 Å². The van der Waals surface area contributed by atoms with Gasteiger partial charge in [-0.05, 0) is 13.8 Å². The zero-order valence-electron chi connectivity index (χ0n) is 7.57. The summed E-state index contributed by atoms with van der Waals surface area (Å²) in [4.78, 5) is 17.6. The van der Waals surface area contributed by atoms with E-state index in [0.29, 0.717) is 5.75 Å². The van der Waals surface area contributed by atoms with E-state index >= 15 is 0 Å². The van der Waals surface area contributed by atoms with Gasteiger partial charge in [0, 0.05) is 18.1 Å². The van der Waals surface area contributed by atoms with E-state index in [1.165, 1.54) is 11.8 Å². The number of imidazole rings is 1. The molecule has 1 aromatic heterocycles. The number of aliphatic carboxylic acids is 1. The molecule has 72 valence electrons. The Kier molecular flexibility index (Phi) is 2.98. The number of carboxylic acids is 1. The Morgan fingerprint density at radius 2 is 2.46 bits per heavy atom. The van der Waals surface area contributed by atoms with Crippen LogP contribution < -0.4 is 0 Å². The quantitative estimate of drug-likeness (QED) is 0.725. The van der Waals surface area contributed by atoms with Gasteiger partial charge >= 0.3 is 5.97 Å². The number of hydrogen-bond acceptors (Lipinski definition) is 3. The summed E-state index contributed by atoms with van der Waals surface area (Å²) in [7, 11) is 0. The van der Waals surface area contributed by atoms with Crippen LogP contribution in [0.1, 0.15) is 13.8 Å². The maximum Gasteiger partial charge on any atom is 0.309 e. The predicted octanol–water partition coefficient (Wildman–Crippen LogP) is 1.61. The van der Waals surface area contributed by atoms with E-state index in [-0.39, 0.29) is 0 Å². The summed E-state index contributed by atoms with van der Waals surface area (Å²) in [5, 5.41) is 9.58. The molecular weight excluding hydrogens is 188 g/mol. The van der Waals surface area contributed by atoms with Gasteiger partial charge in [0.2, 0.25) is 0 Å². The van der Waals surface area contributed by atoms with Crippen molar-refractivity contribution in [1.29, 1.82) is 0 Å². The van der Waals surface area contributed by atoms with E-state index in [4.69, 9.17) is 5.11 Å². The van der Waals surface area contributed by atoms with Gasteiger partial charge in [0.25, 0.3) is 0 Å². The maximum absolute atomic E-state index is 10.7. The van der Waals surface area contributed by atoms with Gasteiger partial charge in [-0.25, -0.2) is 4.98 Å². The summed E-state index contributed by atoms with van der Waals surface area (Å²) in [6, 6.07) is 0. The Labute approximate surface area is 80.8 Å². The Bertz CT molecular complexity index is 282. The van der Waals surface area contributed by atoms with Crippen LogP contribution in [0.25, 0.3) is 0 Å². The summed E-state index contributed by atoms with van der Waals surface area (Å²) < 4.78 is 0. The van der Waals surface area contributed by atoms with Crippen molar-refractivity contribution in [2.24, 2.45) is 5.41 Å². The number of carbonyl (C=O) groups is 1. The number of nitrogens with zero attached hydrogens (tertiary/aromatic N) is 1. The van der Waals surface area contributed by atoms with Crippen LogP contribution in [0.2, 0.25) is 0 Å². The zero-order valence-corrected chi connectivity index (χ0v) is 8.39. The summed E-state index contributed by atoms with van der Waals surface area (Å²) in [6.45, 7) is 3.40. The van der Waals surface area contributed by atoms with E-state index in [1.807, 2.05) is 0 Å². The van der Waals surface area contributed by atoms with E-state index in [2.05, 4.69) is 9.97 Å². The molecule has 0 aliphatic carbocycles. The summed E-state index contributed by atoms with van der Waals surface area (Å²) in [5.74, 6) is -0.276. The van der Waals surface area contributed by atoms with Crippen molar-refractivity contribution >= 4 is 17.7 Å². The predicted molar refractivity (Wildman–Crippen MR) is 50.7 cm³/mol. The second-order valence-electron chi connectivity index (χ2n) is 3.37. The van der Waals surface area contributed by atoms with Gasteiger partial charge < -0.3 is 10.1 Å². The molecular formula is C8H12N2O2S. The van der Waals surface area contributed by atoms with Gasteiger partial charge in [0.1, 0.15) is 0 Å². The monoisotopic (exact) mass is 200 g/mol. The van der Waals surface area contributed by atoms with E-state index in [9.17, 15) is 4.79 Å². The Balaban J connectivity index is 2.47. The van der Waals surface area contributed by atoms with E-state index < -0.39 is 11.4 Å². The largest absolute Gasteiger partial charge is 0.481 e. The van der Waals surface area contributed by atoms with E-state index in [0.717, 1.165) is 5.16 Å². The highest BCUT2D eigenvalue weighted by Crippen LogP contribution is 2.25. The van der Waals surface area contributed by atoms with Crippen LogP contribution >= 0.6 is 11.8 Å². The smallest absolute Gasteiger partial charge is 0.309 e. The molecule has 1 heterocycles. The number of thioether (sulfide) groups is 1. The van der Waals surface area contributed by atoms with Crippen LogP contribution in [0.3, 0.4) is 0 Å². The Morgan fingerprint density at radius 1 is 1.77 bits per heavy atom. The van der Waals surface area contributed by atoms with Crippen LogP contribution in [-0.2, 0) is 4.79 Å². The fourth-order valence-corrected chi connectivity index (χ4v) is 1.55. The second kappa shape index (κ2) is 3.83. The highest BCUT2D eigenvalue weighted by atomic mass is 32.2. The molecule has 4 nitrogen and oxygen atoms in total. The first kappa shape index (κ1) is 10.1. The minimum atomic E-state index is -0.786. The molecule has 0 amide bonds. The molecule has 5 heteroatoms. The fraction of sp³-hybridized carbons (Fsp3) is 0.500. The minimum absolute atomic E-state index is 0.510. The molecule has 0 saturated carbocycles. The van der Waals surface area contributed by atoms with Crippen LogP contribution in [-0.4, -0.2) is 26.8 Å². The van der Waals surface area contributed by atoms with Gasteiger partial charge in [0.15, 0.2) is 5.16 Å². The lowest BCUT2D eigenvalue weighted by atomic mass is 9.97. The highest BCUT2D eigenvalue weighted by molar-refractivity contribution is 7.99. The third-order valence-corrected chi connectivity index (χ3v) is 2.98. The first-order valence-corrected chi connectivity index (χ1v) is 4.86. The molecule has 0 atom stereocenters. The standard InChI is InChI=1S/C8H12N2O2S/c1-8(2,6(11)12)5-13-7-9-3-4-10-7/h3-4H,5H2,1-2H3,(H,9,10)(H,11,12). The van der Waals surface area contributed by atoms with Gasteiger partial charge in [-0.3, -0.25) is 4.79 Å². The fourth-order valence-electron chi connectivity index (χ4n) is 0.640. The molecule has 1 rings (SSSR count). The average Bonchev–Trinajstić information content (AvgIpc) is 2.52. The molecule has 0 unspecified atom stereocenters. The number of nitrogens with one attached hydrogen (secondary N) is 1. The number of aromatic amines is 1. The van der Waals surface area contributed by atoms with Crippen LogP contribution in [0.15, 0.2) is 17.6 Å². The van der Waals surface area contributed by atoms with Crippen LogP contribution in [0.5, 0.6) is 0 Å². The molecule has 2 N–H and O–H groups in total. The third-order valence-electron chi connectivity index (χ3n) is 1.62. The topological polar surface area (TPSA) is 66.0 Å². The minimum Gasteiger partial charge on any atom is -0.481 e. The first-order valence-electron chi connectivity index (χ1n) is 3.88. The summed E-state index contributed by atoms with van der Waals surface area (Å²) >= 11 is 1.41. The molecule has 0 fully saturated rings. The highest BCUT2D eigenvalue weighted by Gasteiger charge is 2.27. The molecule has 1 aromatic rings. The summed E-state index contributed by atoms with van der Waals surface area (Å²) in [6.07, 6.45) is 3.37. The normalized spacial score (nSPS) is 11.5. The van der Waals surface area contributed by atoms with Crippen LogP contribution in [0.4, 0.5) is 0 Å².